The molecule has 3 N–H and O–H groups in total. The Balaban J connectivity index is 0.000000140. The molecule has 0 amide bonds. The number of phenolic OH excluding ortho intramolecular Hbond substituents is 3. The molecular formula is C125H146O21. The van der Waals surface area contributed by atoms with Gasteiger partial charge in [0.25, 0.3) is 0 Å². The maximum absolute atomic E-state index is 13.2. The summed E-state index contributed by atoms with van der Waals surface area (Å²) in [6.07, 6.45) is 21.8. The van der Waals surface area contributed by atoms with E-state index in [0.717, 1.165) is 111 Å². The topological polar surface area (TPSA) is 297 Å². The van der Waals surface area contributed by atoms with E-state index in [2.05, 4.69) is 0 Å². The Morgan fingerprint density at radius 3 is 0.774 bits per heavy atom. The molecule has 7 aliphatic rings. The molecule has 12 aromatic carbocycles. The van der Waals surface area contributed by atoms with E-state index >= 15 is 0 Å². The van der Waals surface area contributed by atoms with Crippen LogP contribution in [0.25, 0.3) is 64.6 Å². The van der Waals surface area contributed by atoms with E-state index < -0.39 is 32.5 Å². The molecule has 0 spiro atoms. The summed E-state index contributed by atoms with van der Waals surface area (Å²) in [4.78, 5) is 113. The maximum atomic E-state index is 13.2. The lowest BCUT2D eigenvalue weighted by molar-refractivity contribution is -0.144. The van der Waals surface area contributed by atoms with Gasteiger partial charge in [-0.2, -0.15) is 0 Å². The van der Waals surface area contributed by atoms with Crippen LogP contribution < -0.4 is 42.6 Å². The van der Waals surface area contributed by atoms with Crippen molar-refractivity contribution >= 4 is 118 Å². The van der Waals surface area contributed by atoms with Crippen molar-refractivity contribution < 1.29 is 101 Å². The maximum Gasteiger partial charge on any atom is 0.316 e. The van der Waals surface area contributed by atoms with Crippen LogP contribution in [0.15, 0.2) is 218 Å². The summed E-state index contributed by atoms with van der Waals surface area (Å²) in [7, 11) is 0. The SMILES string of the molecule is CCC(C)(C)C(=O)Oc1ccc(O)c2ccccc12.CCC(C)(C)C(=O)Oc1ccc(O)c2ccccc12.CCC(C)(C)C(=O)Oc1ccc(O)c2ccccc12.CCC(C)(C)C(=O)Oc1ccc(OC(=O)C2CC3CC2C2CCCC32)c2ccccc12.CCC(C)(C)C(=O)Oc1ccc(OC(=O)C2CC3CCC2C3)c2ccccc12.CCC(C)(C)C(=O)Oc1ccc(OC(=O)C2CCC3CCCC3C2)c2ccccc12. The van der Waals surface area contributed by atoms with E-state index in [1.54, 1.807) is 91.0 Å². The lowest BCUT2D eigenvalue weighted by Gasteiger charge is -2.30. The monoisotopic (exact) mass is 1980 g/mol. The van der Waals surface area contributed by atoms with E-state index in [1.165, 1.54) is 57.8 Å². The van der Waals surface area contributed by atoms with Crippen LogP contribution in [-0.2, 0) is 43.2 Å². The first kappa shape index (κ1) is 109. The van der Waals surface area contributed by atoms with Crippen LogP contribution in [0.3, 0.4) is 0 Å². The third kappa shape index (κ3) is 24.7. The normalized spacial score (nSPS) is 20.1. The second-order valence-corrected chi connectivity index (χ2v) is 44.7. The molecule has 0 saturated heterocycles. The Morgan fingerprint density at radius 1 is 0.226 bits per heavy atom. The molecule has 0 aromatic heterocycles. The van der Waals surface area contributed by atoms with Crippen LogP contribution in [0.4, 0.5) is 0 Å². The quantitative estimate of drug-likeness (QED) is 0.0374. The first-order valence-corrected chi connectivity index (χ1v) is 52.7. The number of phenols is 3. The van der Waals surface area contributed by atoms with Gasteiger partial charge >= 0.3 is 53.7 Å². The van der Waals surface area contributed by atoms with E-state index in [1.807, 2.05) is 252 Å². The van der Waals surface area contributed by atoms with Gasteiger partial charge < -0.3 is 58.0 Å². The highest BCUT2D eigenvalue weighted by atomic mass is 16.6. The Labute approximate surface area is 858 Å². The molecule has 21 nitrogen and oxygen atoms in total. The van der Waals surface area contributed by atoms with Crippen molar-refractivity contribution in [3.8, 4) is 69.0 Å². The molecule has 772 valence electrons. The second-order valence-electron chi connectivity index (χ2n) is 44.7. The summed E-state index contributed by atoms with van der Waals surface area (Å²) in [6.45, 7) is 34.2. The summed E-state index contributed by atoms with van der Waals surface area (Å²) in [5.74, 6) is 8.86. The van der Waals surface area contributed by atoms with Gasteiger partial charge in [-0.15, -0.1) is 0 Å². The third-order valence-electron chi connectivity index (χ3n) is 33.0. The van der Waals surface area contributed by atoms with E-state index in [-0.39, 0.29) is 88.7 Å². The fourth-order valence-electron chi connectivity index (χ4n) is 20.9. The van der Waals surface area contributed by atoms with Gasteiger partial charge in [-0.25, -0.2) is 0 Å². The van der Waals surface area contributed by atoms with Crippen molar-refractivity contribution in [2.45, 2.75) is 259 Å². The van der Waals surface area contributed by atoms with E-state index in [0.29, 0.717) is 130 Å². The minimum Gasteiger partial charge on any atom is -0.507 e. The van der Waals surface area contributed by atoms with Crippen LogP contribution in [-0.4, -0.2) is 69.0 Å². The Bertz CT molecular complexity index is 6530. The summed E-state index contributed by atoms with van der Waals surface area (Å²) >= 11 is 0. The number of rotatable bonds is 24. The Hall–Kier alpha value is -13.2. The largest absolute Gasteiger partial charge is 0.507 e. The molecule has 11 unspecified atom stereocenters. The van der Waals surface area contributed by atoms with Crippen molar-refractivity contribution in [3.63, 3.8) is 0 Å². The number of ether oxygens (including phenoxy) is 9. The lowest BCUT2D eigenvalue weighted by Crippen LogP contribution is -2.32. The van der Waals surface area contributed by atoms with Crippen LogP contribution in [0.2, 0.25) is 0 Å². The van der Waals surface area contributed by atoms with Crippen molar-refractivity contribution in [3.05, 3.63) is 218 Å². The zero-order valence-corrected chi connectivity index (χ0v) is 88.2. The van der Waals surface area contributed by atoms with E-state index in [9.17, 15) is 58.5 Å². The lowest BCUT2D eigenvalue weighted by atomic mass is 9.76. The number of carbonyl (C=O) groups excluding carboxylic acids is 9. The third-order valence-corrected chi connectivity index (χ3v) is 33.0. The molecule has 21 heteroatoms. The zero-order chi connectivity index (χ0) is 105. The molecule has 0 heterocycles. The Morgan fingerprint density at radius 2 is 0.479 bits per heavy atom. The summed E-state index contributed by atoms with van der Waals surface area (Å²) in [6, 6.07) is 64.8. The summed E-state index contributed by atoms with van der Waals surface area (Å²) in [5.41, 5.74) is -3.19. The summed E-state index contributed by atoms with van der Waals surface area (Å²) < 4.78 is 51.3. The van der Waals surface area contributed by atoms with Gasteiger partial charge in [-0.05, 0) is 306 Å². The average molecular weight is 1980 g/mol. The minimum absolute atomic E-state index is 0.00836. The summed E-state index contributed by atoms with van der Waals surface area (Å²) in [5, 5.41) is 38.4. The zero-order valence-electron chi connectivity index (χ0n) is 88.2. The molecule has 0 aliphatic heterocycles. The highest BCUT2D eigenvalue weighted by Gasteiger charge is 2.56. The smallest absolute Gasteiger partial charge is 0.316 e. The van der Waals surface area contributed by atoms with Crippen LogP contribution in [0, 0.1) is 97.6 Å². The van der Waals surface area contributed by atoms with Crippen molar-refractivity contribution in [1.29, 1.82) is 0 Å². The molecular weight excluding hydrogens is 1840 g/mol. The Kier molecular flexibility index (Phi) is 34.4. The fourth-order valence-corrected chi connectivity index (χ4v) is 20.9. The predicted octanol–water partition coefficient (Wildman–Crippen LogP) is 29.6. The highest BCUT2D eigenvalue weighted by Crippen LogP contribution is 2.62. The number of fused-ring (bicyclic) bond motifs is 14. The standard InChI is InChI=1S/C27H32O4.C26H32O4.C24H28O4.3C16H18O3/c1-4-27(2,3)26(29)31-24-13-12-23(19-8-5-6-9-20(19)24)30-25(28)22-15-16-14-21(22)18-11-7-10-17(16)18;1-4-26(2,3)25(28)30-23-15-14-22(20-10-5-6-11-21(20)23)29-24(27)19-13-12-17-8-7-9-18(17)16-19;1-4-24(2,3)23(26)28-21-12-11-20(17-7-5-6-8-18(17)21)27-22(25)19-14-15-9-10-16(19)13-15;3*1-4-16(2,3)15(18)19-14-10-9-13(17)11-7-5-6-8-12(11)14/h5-6,8-9,12-13,16-18,21-22H,4,7,10-11,14-15H2,1-3H3;5-6,10-11,14-15,17-19H,4,7-9,12-13,16H2,1-3H3;5-8,11-12,15-16,19H,4,9-10,13-14H2,1-3H3;3*5-10,17H,4H2,1-3H3. The second kappa shape index (κ2) is 46.3. The molecule has 19 rings (SSSR count). The number of hydrogen-bond donors (Lipinski definition) is 3. The van der Waals surface area contributed by atoms with Crippen molar-refractivity contribution in [2.24, 2.45) is 97.6 Å². The van der Waals surface area contributed by atoms with Gasteiger partial charge in [0.05, 0.1) is 50.2 Å². The number of benzene rings is 12. The van der Waals surface area contributed by atoms with Crippen LogP contribution >= 0.6 is 0 Å². The molecule has 12 aromatic rings. The first-order valence-electron chi connectivity index (χ1n) is 52.7. The molecule has 7 saturated carbocycles. The number of esters is 9. The van der Waals surface area contributed by atoms with Crippen molar-refractivity contribution in [2.75, 3.05) is 0 Å². The van der Waals surface area contributed by atoms with Gasteiger partial charge in [-0.1, -0.05) is 219 Å². The number of aromatic hydroxyl groups is 3. The molecule has 146 heavy (non-hydrogen) atoms. The van der Waals surface area contributed by atoms with Gasteiger partial charge in [0.1, 0.15) is 69.0 Å². The highest BCUT2D eigenvalue weighted by molar-refractivity contribution is 6.02. The van der Waals surface area contributed by atoms with Gasteiger partial charge in [0, 0.05) is 64.6 Å². The number of hydrogen-bond acceptors (Lipinski definition) is 21. The first-order chi connectivity index (χ1) is 69.5. The molecule has 0 radical (unpaired) electrons. The average Bonchev–Trinajstić information content (AvgIpc) is 1.58. The van der Waals surface area contributed by atoms with Crippen molar-refractivity contribution in [1.82, 2.24) is 0 Å². The molecule has 4 bridgehead atoms. The van der Waals surface area contributed by atoms with Crippen LogP contribution in [0.5, 0.6) is 69.0 Å². The molecule has 7 aliphatic carbocycles. The predicted molar refractivity (Wildman–Crippen MR) is 571 cm³/mol. The van der Waals surface area contributed by atoms with Crippen LogP contribution in [0.1, 0.15) is 259 Å². The van der Waals surface area contributed by atoms with Gasteiger partial charge in [-0.3, -0.25) is 43.2 Å². The molecule has 7 fully saturated rings. The van der Waals surface area contributed by atoms with E-state index in [4.69, 9.17) is 42.6 Å². The van der Waals surface area contributed by atoms with Gasteiger partial charge in [0.15, 0.2) is 0 Å². The number of carbonyl (C=O) groups is 9. The fraction of sp³-hybridized carbons (Fsp3) is 0.448. The molecule has 11 atom stereocenters. The minimum atomic E-state index is -0.550. The van der Waals surface area contributed by atoms with Gasteiger partial charge in [0.2, 0.25) is 0 Å².